The Morgan fingerprint density at radius 1 is 0.848 bits per heavy atom. The minimum atomic E-state index is -0.657. The second-order valence-corrected chi connectivity index (χ2v) is 8.19. The predicted molar refractivity (Wildman–Crippen MR) is 125 cm³/mol. The van der Waals surface area contributed by atoms with E-state index in [1.54, 1.807) is 0 Å². The van der Waals surface area contributed by atoms with Gasteiger partial charge in [0.25, 0.3) is 0 Å². The lowest BCUT2D eigenvalue weighted by Crippen LogP contribution is -2.23. The number of benzene rings is 2. The molecule has 1 aliphatic rings. The third kappa shape index (κ3) is 4.98. The molecule has 0 bridgehead atoms. The van der Waals surface area contributed by atoms with Crippen LogP contribution in [0.25, 0.3) is 16.9 Å². The van der Waals surface area contributed by atoms with Gasteiger partial charge in [-0.25, -0.2) is 14.3 Å². The van der Waals surface area contributed by atoms with Crippen molar-refractivity contribution in [2.24, 2.45) is 0 Å². The van der Waals surface area contributed by atoms with Crippen molar-refractivity contribution in [1.29, 1.82) is 0 Å². The molecule has 0 saturated carbocycles. The van der Waals surface area contributed by atoms with Crippen LogP contribution in [0.5, 0.6) is 0 Å². The third-order valence-electron chi connectivity index (χ3n) is 5.99. The highest BCUT2D eigenvalue weighted by Gasteiger charge is 2.31. The highest BCUT2D eigenvalue weighted by Crippen LogP contribution is 2.29. The van der Waals surface area contributed by atoms with Gasteiger partial charge in [-0.15, -0.1) is 0 Å². The summed E-state index contributed by atoms with van der Waals surface area (Å²) >= 11 is 0. The van der Waals surface area contributed by atoms with Gasteiger partial charge < -0.3 is 9.47 Å². The fourth-order valence-corrected chi connectivity index (χ4v) is 4.28. The Kier molecular flexibility index (Phi) is 7.19. The van der Waals surface area contributed by atoms with E-state index in [1.807, 2.05) is 42.5 Å². The number of ether oxygens (including phenoxy) is 2. The number of esters is 2. The molecule has 7 nitrogen and oxygen atoms in total. The molecular weight excluding hydrogens is 418 g/mol. The number of hydrogen-bond donors (Lipinski definition) is 0. The fraction of sp³-hybridized carbons (Fsp3) is 0.346. The Hall–Kier alpha value is -3.45. The van der Waals surface area contributed by atoms with E-state index in [9.17, 15) is 9.59 Å². The SMILES string of the molecule is COC(=O)c1c(-c2ccc(CN3CCCCCC3)cc2)nn(-c2ccccc2)c1C(=O)OC. The Morgan fingerprint density at radius 3 is 2.09 bits per heavy atom. The number of nitrogens with zero attached hydrogens (tertiary/aromatic N) is 3. The maximum atomic E-state index is 12.8. The summed E-state index contributed by atoms with van der Waals surface area (Å²) in [5, 5.41) is 4.65. The molecule has 4 rings (SSSR count). The molecule has 0 radical (unpaired) electrons. The van der Waals surface area contributed by atoms with Crippen molar-refractivity contribution in [2.75, 3.05) is 27.3 Å². The number of carbonyl (C=O) groups excluding carboxylic acids is 2. The zero-order chi connectivity index (χ0) is 23.2. The number of aromatic nitrogens is 2. The molecule has 0 aliphatic carbocycles. The van der Waals surface area contributed by atoms with E-state index < -0.39 is 11.9 Å². The quantitative estimate of drug-likeness (QED) is 0.519. The zero-order valence-electron chi connectivity index (χ0n) is 19.1. The van der Waals surface area contributed by atoms with Gasteiger partial charge in [0, 0.05) is 12.1 Å². The summed E-state index contributed by atoms with van der Waals surface area (Å²) < 4.78 is 11.4. The van der Waals surface area contributed by atoms with Crippen LogP contribution in [0.1, 0.15) is 52.1 Å². The van der Waals surface area contributed by atoms with E-state index in [1.165, 1.54) is 50.1 Å². The van der Waals surface area contributed by atoms with Gasteiger partial charge in [-0.2, -0.15) is 5.10 Å². The van der Waals surface area contributed by atoms with Gasteiger partial charge in [-0.1, -0.05) is 55.3 Å². The first kappa shape index (κ1) is 22.7. The van der Waals surface area contributed by atoms with Gasteiger partial charge in [0.2, 0.25) is 0 Å². The van der Waals surface area contributed by atoms with Crippen molar-refractivity contribution < 1.29 is 19.1 Å². The molecule has 0 amide bonds. The van der Waals surface area contributed by atoms with Gasteiger partial charge in [-0.05, 0) is 43.6 Å². The lowest BCUT2D eigenvalue weighted by atomic mass is 10.0. The predicted octanol–water partition coefficient (Wildman–Crippen LogP) is 4.49. The van der Waals surface area contributed by atoms with Crippen LogP contribution >= 0.6 is 0 Å². The van der Waals surface area contributed by atoms with Crippen molar-refractivity contribution in [3.05, 3.63) is 71.4 Å². The highest BCUT2D eigenvalue weighted by molar-refractivity contribution is 6.06. The van der Waals surface area contributed by atoms with E-state index in [4.69, 9.17) is 9.47 Å². The molecule has 0 N–H and O–H groups in total. The summed E-state index contributed by atoms with van der Waals surface area (Å²) in [6, 6.07) is 17.2. The van der Waals surface area contributed by atoms with Crippen LogP contribution in [0.4, 0.5) is 0 Å². The molecule has 0 atom stereocenters. The van der Waals surface area contributed by atoms with Crippen LogP contribution in [0.3, 0.4) is 0 Å². The van der Waals surface area contributed by atoms with Crippen molar-refractivity contribution in [3.8, 4) is 16.9 Å². The van der Waals surface area contributed by atoms with Gasteiger partial charge >= 0.3 is 11.9 Å². The summed E-state index contributed by atoms with van der Waals surface area (Å²) in [5.74, 6) is -1.29. The molecule has 0 spiro atoms. The van der Waals surface area contributed by atoms with Crippen LogP contribution in [-0.4, -0.2) is 53.9 Å². The van der Waals surface area contributed by atoms with Crippen LogP contribution < -0.4 is 0 Å². The number of carbonyl (C=O) groups is 2. The van der Waals surface area contributed by atoms with Crippen LogP contribution in [-0.2, 0) is 16.0 Å². The molecule has 2 heterocycles. The number of rotatable bonds is 6. The monoisotopic (exact) mass is 447 g/mol. The van der Waals surface area contributed by atoms with Gasteiger partial charge in [0.05, 0.1) is 19.9 Å². The molecule has 2 aromatic carbocycles. The Morgan fingerprint density at radius 2 is 1.48 bits per heavy atom. The maximum Gasteiger partial charge on any atom is 0.357 e. The minimum absolute atomic E-state index is 0.0409. The first-order chi connectivity index (χ1) is 16.1. The van der Waals surface area contributed by atoms with Gasteiger partial charge in [0.15, 0.2) is 5.69 Å². The van der Waals surface area contributed by atoms with Crippen LogP contribution in [0.2, 0.25) is 0 Å². The maximum absolute atomic E-state index is 12.8. The van der Waals surface area contributed by atoms with E-state index in [2.05, 4.69) is 22.1 Å². The zero-order valence-corrected chi connectivity index (χ0v) is 19.1. The summed E-state index contributed by atoms with van der Waals surface area (Å²) in [6.07, 6.45) is 5.10. The number of methoxy groups -OCH3 is 2. The molecule has 1 saturated heterocycles. The fourth-order valence-electron chi connectivity index (χ4n) is 4.28. The molecule has 1 fully saturated rings. The third-order valence-corrected chi connectivity index (χ3v) is 5.99. The van der Waals surface area contributed by atoms with Crippen molar-refractivity contribution in [1.82, 2.24) is 14.7 Å². The van der Waals surface area contributed by atoms with E-state index in [0.29, 0.717) is 11.4 Å². The summed E-state index contributed by atoms with van der Waals surface area (Å²) in [7, 11) is 2.57. The van der Waals surface area contributed by atoms with E-state index in [0.717, 1.165) is 25.2 Å². The molecular formula is C26H29N3O4. The first-order valence-corrected chi connectivity index (χ1v) is 11.3. The molecule has 7 heteroatoms. The summed E-state index contributed by atoms with van der Waals surface area (Å²) in [5.41, 5.74) is 3.10. The first-order valence-electron chi connectivity index (χ1n) is 11.3. The lowest BCUT2D eigenvalue weighted by Gasteiger charge is -2.19. The topological polar surface area (TPSA) is 73.7 Å². The summed E-state index contributed by atoms with van der Waals surface area (Å²) in [6.45, 7) is 3.15. The van der Waals surface area contributed by atoms with Crippen molar-refractivity contribution in [3.63, 3.8) is 0 Å². The number of likely N-dealkylation sites (tertiary alicyclic amines) is 1. The molecule has 1 aromatic heterocycles. The van der Waals surface area contributed by atoms with E-state index in [-0.39, 0.29) is 11.3 Å². The Balaban J connectivity index is 1.74. The minimum Gasteiger partial charge on any atom is -0.465 e. The Labute approximate surface area is 193 Å². The number of hydrogen-bond acceptors (Lipinski definition) is 6. The standard InChI is InChI=1S/C26H29N3O4/c1-32-25(30)22-23(27-29(24(22)26(31)33-2)21-10-6-5-7-11-21)20-14-12-19(13-15-20)18-28-16-8-3-4-9-17-28/h5-7,10-15H,3-4,8-9,16-18H2,1-2H3. The van der Waals surface area contributed by atoms with Crippen molar-refractivity contribution >= 4 is 11.9 Å². The molecule has 172 valence electrons. The van der Waals surface area contributed by atoms with E-state index >= 15 is 0 Å². The van der Waals surface area contributed by atoms with Gasteiger partial charge in [0.1, 0.15) is 11.3 Å². The Bertz CT molecular complexity index is 1100. The molecule has 33 heavy (non-hydrogen) atoms. The van der Waals surface area contributed by atoms with Gasteiger partial charge in [-0.3, -0.25) is 4.90 Å². The largest absolute Gasteiger partial charge is 0.465 e. The second kappa shape index (κ2) is 10.4. The van der Waals surface area contributed by atoms with Crippen molar-refractivity contribution in [2.45, 2.75) is 32.2 Å². The average Bonchev–Trinajstić information content (AvgIpc) is 3.08. The molecule has 1 aliphatic heterocycles. The average molecular weight is 448 g/mol. The summed E-state index contributed by atoms with van der Waals surface area (Å²) in [4.78, 5) is 28.0. The molecule has 3 aromatic rings. The second-order valence-electron chi connectivity index (χ2n) is 8.19. The highest BCUT2D eigenvalue weighted by atomic mass is 16.5. The van der Waals surface area contributed by atoms with Crippen LogP contribution in [0.15, 0.2) is 54.6 Å². The normalized spacial score (nSPS) is 14.5. The number of para-hydroxylation sites is 1. The molecule has 0 unspecified atom stereocenters. The van der Waals surface area contributed by atoms with Crippen LogP contribution in [0, 0.1) is 0 Å². The smallest absolute Gasteiger partial charge is 0.357 e. The lowest BCUT2D eigenvalue weighted by molar-refractivity contribution is 0.0549.